The van der Waals surface area contributed by atoms with Crippen LogP contribution in [0.4, 0.5) is 4.79 Å². The molecule has 1 fully saturated rings. The van der Waals surface area contributed by atoms with Gasteiger partial charge < -0.3 is 10.0 Å². The van der Waals surface area contributed by atoms with Gasteiger partial charge in [-0.2, -0.15) is 0 Å². The van der Waals surface area contributed by atoms with Gasteiger partial charge in [0.1, 0.15) is 6.04 Å². The average molecular weight is 288 g/mol. The van der Waals surface area contributed by atoms with Crippen molar-refractivity contribution < 1.29 is 14.7 Å². The summed E-state index contributed by atoms with van der Waals surface area (Å²) in [6.07, 6.45) is 0.768. The largest absolute Gasteiger partial charge is 0.480 e. The van der Waals surface area contributed by atoms with Crippen LogP contribution in [0.3, 0.4) is 0 Å². The van der Waals surface area contributed by atoms with E-state index >= 15 is 0 Å². The maximum atomic E-state index is 12.6. The average Bonchev–Trinajstić information content (AvgIpc) is 2.79. The molecule has 110 valence electrons. The third-order valence-electron chi connectivity index (χ3n) is 3.83. The minimum Gasteiger partial charge on any atom is -0.480 e. The Morgan fingerprint density at radius 3 is 2.42 bits per heavy atom. The summed E-state index contributed by atoms with van der Waals surface area (Å²) in [7, 11) is 1.75. The number of hydrogen-bond donors (Lipinski definition) is 1. The van der Waals surface area contributed by atoms with Crippen LogP contribution in [0.5, 0.6) is 0 Å². The molecule has 0 saturated carbocycles. The normalized spacial score (nSPS) is 24.6. The number of aliphatic carboxylic acids is 1. The monoisotopic (exact) mass is 288 g/mol. The minimum atomic E-state index is -0.914. The van der Waals surface area contributed by atoms with Crippen molar-refractivity contribution in [1.82, 2.24) is 9.80 Å². The maximum absolute atomic E-state index is 12.6. The Hall–Kier alpha value is -0.910. The molecule has 1 aliphatic rings. The van der Waals surface area contributed by atoms with Crippen LogP contribution in [0.2, 0.25) is 0 Å². The summed E-state index contributed by atoms with van der Waals surface area (Å²) >= 11 is 1.55. The van der Waals surface area contributed by atoms with E-state index in [0.717, 1.165) is 6.42 Å². The molecule has 0 spiro atoms. The second-order valence-corrected chi connectivity index (χ2v) is 6.55. The van der Waals surface area contributed by atoms with Gasteiger partial charge in [0.05, 0.1) is 5.37 Å². The van der Waals surface area contributed by atoms with Crippen molar-refractivity contribution in [2.24, 2.45) is 5.92 Å². The molecule has 1 saturated heterocycles. The number of carbonyl (C=O) groups excluding carboxylic acids is 1. The van der Waals surface area contributed by atoms with Crippen LogP contribution in [0.1, 0.15) is 34.1 Å². The summed E-state index contributed by atoms with van der Waals surface area (Å²) in [6, 6.07) is -0.792. The van der Waals surface area contributed by atoms with Crippen LogP contribution in [0, 0.1) is 5.92 Å². The van der Waals surface area contributed by atoms with Crippen molar-refractivity contribution in [2.75, 3.05) is 12.8 Å². The van der Waals surface area contributed by atoms with E-state index in [0.29, 0.717) is 11.7 Å². The molecule has 1 aliphatic heterocycles. The second kappa shape index (κ2) is 6.50. The SMILES string of the molecule is CCC1SCC(C(=O)O)N1C(=O)N(C)C(C)C(C)C. The molecule has 0 aromatic carbocycles. The molecule has 1 heterocycles. The molecule has 5 nitrogen and oxygen atoms in total. The smallest absolute Gasteiger partial charge is 0.327 e. The van der Waals surface area contributed by atoms with E-state index in [-0.39, 0.29) is 17.4 Å². The molecule has 0 aromatic heterocycles. The summed E-state index contributed by atoms with van der Waals surface area (Å²) in [5, 5.41) is 9.22. The number of amides is 2. The zero-order chi connectivity index (χ0) is 14.7. The molecule has 6 heteroatoms. The van der Waals surface area contributed by atoms with Crippen LogP contribution < -0.4 is 0 Å². The highest BCUT2D eigenvalue weighted by Gasteiger charge is 2.42. The highest BCUT2D eigenvalue weighted by atomic mass is 32.2. The lowest BCUT2D eigenvalue weighted by atomic mass is 10.1. The number of nitrogens with zero attached hydrogens (tertiary/aromatic N) is 2. The van der Waals surface area contributed by atoms with E-state index in [1.165, 1.54) is 4.90 Å². The predicted octanol–water partition coefficient (Wildman–Crippen LogP) is 2.32. The van der Waals surface area contributed by atoms with Crippen molar-refractivity contribution in [3.05, 3.63) is 0 Å². The van der Waals surface area contributed by atoms with E-state index in [1.54, 1.807) is 23.7 Å². The Morgan fingerprint density at radius 2 is 2.00 bits per heavy atom. The van der Waals surface area contributed by atoms with Crippen molar-refractivity contribution >= 4 is 23.8 Å². The van der Waals surface area contributed by atoms with E-state index in [2.05, 4.69) is 13.8 Å². The summed E-state index contributed by atoms with van der Waals surface area (Å²) in [6.45, 7) is 8.08. The molecule has 3 atom stereocenters. The first kappa shape index (κ1) is 16.1. The summed E-state index contributed by atoms with van der Waals surface area (Å²) in [4.78, 5) is 27.0. The van der Waals surface area contributed by atoms with Gasteiger partial charge in [-0.3, -0.25) is 4.90 Å². The molecule has 0 aromatic rings. The van der Waals surface area contributed by atoms with Crippen molar-refractivity contribution in [3.63, 3.8) is 0 Å². The van der Waals surface area contributed by atoms with Gasteiger partial charge in [-0.1, -0.05) is 20.8 Å². The molecule has 0 aliphatic carbocycles. The van der Waals surface area contributed by atoms with E-state index in [1.807, 2.05) is 13.8 Å². The lowest BCUT2D eigenvalue weighted by Crippen LogP contribution is -2.53. The second-order valence-electron chi connectivity index (χ2n) is 5.34. The Morgan fingerprint density at radius 1 is 1.42 bits per heavy atom. The molecular weight excluding hydrogens is 264 g/mol. The fourth-order valence-corrected chi connectivity index (χ4v) is 3.47. The van der Waals surface area contributed by atoms with E-state index < -0.39 is 12.0 Å². The van der Waals surface area contributed by atoms with Crippen LogP contribution in [-0.2, 0) is 4.79 Å². The summed E-state index contributed by atoms with van der Waals surface area (Å²) in [5.74, 6) is -0.0984. The topological polar surface area (TPSA) is 60.9 Å². The highest BCUT2D eigenvalue weighted by molar-refractivity contribution is 8.00. The fraction of sp³-hybridized carbons (Fsp3) is 0.846. The van der Waals surface area contributed by atoms with Gasteiger partial charge in [0.15, 0.2) is 0 Å². The van der Waals surface area contributed by atoms with Gasteiger partial charge in [-0.05, 0) is 19.3 Å². The fourth-order valence-electron chi connectivity index (χ4n) is 2.13. The number of carboxylic acids is 1. The summed E-state index contributed by atoms with van der Waals surface area (Å²) < 4.78 is 0. The van der Waals surface area contributed by atoms with Crippen LogP contribution in [-0.4, -0.2) is 57.2 Å². The molecule has 2 amide bonds. The molecular formula is C13H24N2O3S. The Labute approximate surface area is 119 Å². The lowest BCUT2D eigenvalue weighted by Gasteiger charge is -2.35. The zero-order valence-corrected chi connectivity index (χ0v) is 13.1. The highest BCUT2D eigenvalue weighted by Crippen LogP contribution is 2.32. The van der Waals surface area contributed by atoms with Crippen LogP contribution >= 0.6 is 11.8 Å². The minimum absolute atomic E-state index is 0.0320. The number of thioether (sulfide) groups is 1. The first-order valence-corrected chi connectivity index (χ1v) is 7.75. The number of urea groups is 1. The molecule has 19 heavy (non-hydrogen) atoms. The lowest BCUT2D eigenvalue weighted by molar-refractivity contribution is -0.141. The number of hydrogen-bond acceptors (Lipinski definition) is 3. The van der Waals surface area contributed by atoms with Gasteiger partial charge in [-0.15, -0.1) is 11.8 Å². The standard InChI is InChI=1S/C13H24N2O3S/c1-6-11-15(10(7-19-11)12(16)17)13(18)14(5)9(4)8(2)3/h8-11H,6-7H2,1-5H3,(H,16,17). The molecule has 1 N–H and O–H groups in total. The Kier molecular flexibility index (Phi) is 5.52. The van der Waals surface area contributed by atoms with Gasteiger partial charge in [0, 0.05) is 18.8 Å². The maximum Gasteiger partial charge on any atom is 0.327 e. The Balaban J connectivity index is 2.90. The molecule has 0 radical (unpaired) electrons. The first-order valence-electron chi connectivity index (χ1n) is 6.70. The van der Waals surface area contributed by atoms with E-state index in [9.17, 15) is 14.7 Å². The molecule has 1 rings (SSSR count). The van der Waals surface area contributed by atoms with Crippen molar-refractivity contribution in [3.8, 4) is 0 Å². The third-order valence-corrected chi connectivity index (χ3v) is 5.28. The zero-order valence-electron chi connectivity index (χ0n) is 12.3. The number of rotatable bonds is 4. The third kappa shape index (κ3) is 3.35. The van der Waals surface area contributed by atoms with Gasteiger partial charge in [0.2, 0.25) is 0 Å². The van der Waals surface area contributed by atoms with Crippen molar-refractivity contribution in [1.29, 1.82) is 0 Å². The predicted molar refractivity (Wildman–Crippen MR) is 77.3 cm³/mol. The van der Waals surface area contributed by atoms with Gasteiger partial charge >= 0.3 is 12.0 Å². The first-order chi connectivity index (χ1) is 8.81. The van der Waals surface area contributed by atoms with Gasteiger partial charge in [-0.25, -0.2) is 9.59 Å². The molecule has 3 unspecified atom stereocenters. The Bertz CT molecular complexity index is 349. The molecule has 0 bridgehead atoms. The van der Waals surface area contributed by atoms with E-state index in [4.69, 9.17) is 0 Å². The van der Waals surface area contributed by atoms with Crippen molar-refractivity contribution in [2.45, 2.75) is 51.6 Å². The van der Waals surface area contributed by atoms with Crippen LogP contribution in [0.25, 0.3) is 0 Å². The summed E-state index contributed by atoms with van der Waals surface area (Å²) in [5.41, 5.74) is 0. The van der Waals surface area contributed by atoms with Crippen LogP contribution in [0.15, 0.2) is 0 Å². The number of carbonyl (C=O) groups is 2. The quantitative estimate of drug-likeness (QED) is 0.862. The van der Waals surface area contributed by atoms with Gasteiger partial charge in [0.25, 0.3) is 0 Å². The number of carboxylic acid groups (broad SMARTS) is 1.